The molecule has 0 N–H and O–H groups in total. The first-order chi connectivity index (χ1) is 10.1. The number of aryl methyl sites for hydroxylation is 2. The third kappa shape index (κ3) is 2.14. The van der Waals surface area contributed by atoms with Crippen LogP contribution >= 0.6 is 0 Å². The quantitative estimate of drug-likeness (QED) is 0.673. The minimum atomic E-state index is -0.381. The van der Waals surface area contributed by atoms with Crippen LogP contribution in [0.25, 0.3) is 22.2 Å². The molecule has 3 aromatic rings. The zero-order valence-corrected chi connectivity index (χ0v) is 12.0. The molecule has 0 radical (unpaired) electrons. The van der Waals surface area contributed by atoms with Gasteiger partial charge in [0, 0.05) is 30.6 Å². The number of rotatable bonds is 2. The highest BCUT2D eigenvalue weighted by Crippen LogP contribution is 2.29. The van der Waals surface area contributed by atoms with Gasteiger partial charge in [-0.2, -0.15) is 0 Å². The molecule has 0 aliphatic heterocycles. The van der Waals surface area contributed by atoms with Gasteiger partial charge in [-0.3, -0.25) is 0 Å². The van der Waals surface area contributed by atoms with Crippen molar-refractivity contribution in [2.45, 2.75) is 6.92 Å². The second-order valence-corrected chi connectivity index (χ2v) is 4.73. The van der Waals surface area contributed by atoms with E-state index >= 15 is 0 Å². The van der Waals surface area contributed by atoms with Crippen LogP contribution in [0.3, 0.4) is 0 Å². The smallest absolute Gasteiger partial charge is 0.337 e. The minimum Gasteiger partial charge on any atom is -0.465 e. The van der Waals surface area contributed by atoms with Gasteiger partial charge >= 0.3 is 5.97 Å². The number of aromatic nitrogens is 4. The average molecular weight is 282 g/mol. The Morgan fingerprint density at radius 1 is 1.24 bits per heavy atom. The molecule has 106 valence electrons. The van der Waals surface area contributed by atoms with Gasteiger partial charge in [0.1, 0.15) is 12.2 Å². The highest BCUT2D eigenvalue weighted by atomic mass is 16.5. The first-order valence-corrected chi connectivity index (χ1v) is 6.42. The monoisotopic (exact) mass is 282 g/mol. The number of nitrogens with zero attached hydrogens (tertiary/aromatic N) is 4. The Morgan fingerprint density at radius 2 is 1.95 bits per heavy atom. The first kappa shape index (κ1) is 13.2. The zero-order chi connectivity index (χ0) is 15.0. The van der Waals surface area contributed by atoms with Crippen molar-refractivity contribution in [2.24, 2.45) is 7.05 Å². The largest absolute Gasteiger partial charge is 0.465 e. The molecule has 0 fully saturated rings. The van der Waals surface area contributed by atoms with Crippen molar-refractivity contribution in [1.29, 1.82) is 0 Å². The van der Waals surface area contributed by atoms with Crippen LogP contribution in [-0.2, 0) is 11.8 Å². The predicted molar refractivity (Wildman–Crippen MR) is 77.8 cm³/mol. The van der Waals surface area contributed by atoms with E-state index in [0.717, 1.165) is 28.0 Å². The van der Waals surface area contributed by atoms with Crippen molar-refractivity contribution >= 4 is 17.0 Å². The summed E-state index contributed by atoms with van der Waals surface area (Å²) in [4.78, 5) is 24.5. The lowest BCUT2D eigenvalue weighted by molar-refractivity contribution is 0.0601. The Morgan fingerprint density at radius 3 is 2.62 bits per heavy atom. The van der Waals surface area contributed by atoms with Crippen LogP contribution in [0.2, 0.25) is 0 Å². The number of esters is 1. The predicted octanol–water partition coefficient (Wildman–Crippen LogP) is 2.13. The molecule has 0 amide bonds. The molecule has 2 heterocycles. The highest BCUT2D eigenvalue weighted by Gasteiger charge is 2.16. The summed E-state index contributed by atoms with van der Waals surface area (Å²) in [6.07, 6.45) is 4.87. The Labute approximate surface area is 121 Å². The number of benzene rings is 1. The van der Waals surface area contributed by atoms with Crippen molar-refractivity contribution in [2.75, 3.05) is 7.11 Å². The van der Waals surface area contributed by atoms with Gasteiger partial charge < -0.3 is 9.30 Å². The van der Waals surface area contributed by atoms with Crippen LogP contribution < -0.4 is 0 Å². The fourth-order valence-corrected chi connectivity index (χ4v) is 2.30. The number of carbonyl (C=O) groups excluding carboxylic acids is 1. The number of methoxy groups -OCH3 is 1. The maximum Gasteiger partial charge on any atom is 0.337 e. The number of carbonyl (C=O) groups is 1. The topological polar surface area (TPSA) is 69.9 Å². The van der Waals surface area contributed by atoms with E-state index in [1.165, 1.54) is 13.4 Å². The van der Waals surface area contributed by atoms with Crippen LogP contribution in [0.5, 0.6) is 0 Å². The standard InChI is InChI=1S/C15H14N4O2/c1-9-18-14-12(11-6-16-8-17-7-11)4-10(15(20)21-3)5-13(14)19(9)2/h4-8H,1-3H3. The molecule has 0 saturated heterocycles. The first-order valence-electron chi connectivity index (χ1n) is 6.42. The van der Waals surface area contributed by atoms with E-state index in [2.05, 4.69) is 15.0 Å². The van der Waals surface area contributed by atoms with Crippen LogP contribution in [0.1, 0.15) is 16.2 Å². The summed E-state index contributed by atoms with van der Waals surface area (Å²) < 4.78 is 6.76. The van der Waals surface area contributed by atoms with Gasteiger partial charge in [-0.25, -0.2) is 19.7 Å². The summed E-state index contributed by atoms with van der Waals surface area (Å²) >= 11 is 0. The molecular weight excluding hydrogens is 268 g/mol. The molecule has 0 aliphatic rings. The summed E-state index contributed by atoms with van der Waals surface area (Å²) in [6, 6.07) is 3.55. The maximum atomic E-state index is 11.9. The summed E-state index contributed by atoms with van der Waals surface area (Å²) in [5.41, 5.74) is 3.79. The van der Waals surface area contributed by atoms with Crippen molar-refractivity contribution in [3.63, 3.8) is 0 Å². The molecule has 0 bridgehead atoms. The molecule has 0 atom stereocenters. The Balaban J connectivity index is 2.36. The van der Waals surface area contributed by atoms with E-state index in [9.17, 15) is 4.79 Å². The van der Waals surface area contributed by atoms with E-state index < -0.39 is 0 Å². The van der Waals surface area contributed by atoms with Gasteiger partial charge in [0.2, 0.25) is 0 Å². The molecule has 3 rings (SSSR count). The van der Waals surface area contributed by atoms with Crippen LogP contribution in [-0.4, -0.2) is 32.6 Å². The molecule has 0 unspecified atom stereocenters. The summed E-state index contributed by atoms with van der Waals surface area (Å²) in [5, 5.41) is 0. The third-order valence-corrected chi connectivity index (χ3v) is 3.50. The molecule has 1 aromatic carbocycles. The normalized spacial score (nSPS) is 10.8. The molecular formula is C15H14N4O2. The number of hydrogen-bond acceptors (Lipinski definition) is 5. The minimum absolute atomic E-state index is 0.381. The average Bonchev–Trinajstić information content (AvgIpc) is 2.81. The number of hydrogen-bond donors (Lipinski definition) is 0. The van der Waals surface area contributed by atoms with Crippen LogP contribution in [0, 0.1) is 6.92 Å². The van der Waals surface area contributed by atoms with Gasteiger partial charge in [-0.15, -0.1) is 0 Å². The molecule has 2 aromatic heterocycles. The summed E-state index contributed by atoms with van der Waals surface area (Å²) in [7, 11) is 3.28. The fourth-order valence-electron chi connectivity index (χ4n) is 2.30. The van der Waals surface area contributed by atoms with E-state index in [0.29, 0.717) is 5.56 Å². The number of fused-ring (bicyclic) bond motifs is 1. The Hall–Kier alpha value is -2.76. The lowest BCUT2D eigenvalue weighted by Crippen LogP contribution is -2.02. The third-order valence-electron chi connectivity index (χ3n) is 3.50. The summed E-state index contributed by atoms with van der Waals surface area (Å²) in [6.45, 7) is 1.92. The van der Waals surface area contributed by atoms with Crippen molar-refractivity contribution in [3.05, 3.63) is 42.2 Å². The van der Waals surface area contributed by atoms with Gasteiger partial charge in [0.25, 0.3) is 0 Å². The van der Waals surface area contributed by atoms with Crippen LogP contribution in [0.4, 0.5) is 0 Å². The van der Waals surface area contributed by atoms with Crippen molar-refractivity contribution in [1.82, 2.24) is 19.5 Å². The molecule has 6 nitrogen and oxygen atoms in total. The van der Waals surface area contributed by atoms with E-state index in [1.807, 2.05) is 18.5 Å². The van der Waals surface area contributed by atoms with Gasteiger partial charge in [0.15, 0.2) is 0 Å². The number of ether oxygens (including phenoxy) is 1. The van der Waals surface area contributed by atoms with E-state index in [-0.39, 0.29) is 5.97 Å². The highest BCUT2D eigenvalue weighted by molar-refractivity contribution is 6.00. The molecule has 0 saturated carbocycles. The fraction of sp³-hybridized carbons (Fsp3) is 0.200. The lowest BCUT2D eigenvalue weighted by Gasteiger charge is -2.06. The van der Waals surface area contributed by atoms with Crippen molar-refractivity contribution in [3.8, 4) is 11.1 Å². The summed E-state index contributed by atoms with van der Waals surface area (Å²) in [5.74, 6) is 0.485. The second-order valence-electron chi connectivity index (χ2n) is 4.73. The van der Waals surface area contributed by atoms with Gasteiger partial charge in [-0.05, 0) is 19.1 Å². The molecule has 0 aliphatic carbocycles. The van der Waals surface area contributed by atoms with Gasteiger partial charge in [0.05, 0.1) is 23.7 Å². The lowest BCUT2D eigenvalue weighted by atomic mass is 10.0. The van der Waals surface area contributed by atoms with Crippen molar-refractivity contribution < 1.29 is 9.53 Å². The van der Waals surface area contributed by atoms with Crippen LogP contribution in [0.15, 0.2) is 30.9 Å². The SMILES string of the molecule is COC(=O)c1cc(-c2cncnc2)c2nc(C)n(C)c2c1. The van der Waals surface area contributed by atoms with E-state index in [1.54, 1.807) is 24.5 Å². The molecule has 21 heavy (non-hydrogen) atoms. The maximum absolute atomic E-state index is 11.9. The van der Waals surface area contributed by atoms with E-state index in [4.69, 9.17) is 4.74 Å². The molecule has 0 spiro atoms. The Bertz CT molecular complexity index is 825. The number of imidazole rings is 1. The molecule has 6 heteroatoms. The second kappa shape index (κ2) is 4.97. The Kier molecular flexibility index (Phi) is 3.13. The van der Waals surface area contributed by atoms with Gasteiger partial charge in [-0.1, -0.05) is 0 Å². The zero-order valence-electron chi connectivity index (χ0n) is 12.0.